The summed E-state index contributed by atoms with van der Waals surface area (Å²) >= 11 is 0. The highest BCUT2D eigenvalue weighted by atomic mass is 19.4. The second-order valence-electron chi connectivity index (χ2n) is 11.4. The summed E-state index contributed by atoms with van der Waals surface area (Å²) in [6.07, 6.45) is 1.99. The Morgan fingerprint density at radius 2 is 1.84 bits per heavy atom. The van der Waals surface area contributed by atoms with Gasteiger partial charge in [0.2, 0.25) is 5.88 Å². The number of rotatable bonds is 7. The van der Waals surface area contributed by atoms with Crippen LogP contribution in [0.25, 0.3) is 33.8 Å². The predicted octanol–water partition coefficient (Wildman–Crippen LogP) is 6.34. The topological polar surface area (TPSA) is 107 Å². The zero-order valence-corrected chi connectivity index (χ0v) is 24.5. The number of hydrogen-bond acceptors (Lipinski definition) is 8. The number of aromatic nitrogens is 7. The van der Waals surface area contributed by atoms with Crippen LogP contribution in [0.4, 0.5) is 19.0 Å². The second-order valence-corrected chi connectivity index (χ2v) is 11.4. The summed E-state index contributed by atoms with van der Waals surface area (Å²) < 4.78 is 53.6. The lowest BCUT2D eigenvalue weighted by atomic mass is 10.0. The maximum Gasteiger partial charge on any atom is 0.434 e. The number of H-pyrrole nitrogens is 1. The molecule has 44 heavy (non-hydrogen) atoms. The number of halogens is 3. The predicted molar refractivity (Wildman–Crippen MR) is 157 cm³/mol. The number of alkyl halides is 3. The molecular weight excluding hydrogens is 573 g/mol. The molecule has 5 aromatic rings. The van der Waals surface area contributed by atoms with Gasteiger partial charge in [0.05, 0.1) is 37.6 Å². The molecule has 0 spiro atoms. The lowest BCUT2D eigenvalue weighted by Gasteiger charge is -2.37. The molecule has 4 aromatic heterocycles. The fourth-order valence-corrected chi connectivity index (χ4v) is 5.79. The number of imidazole rings is 1. The molecule has 228 valence electrons. The van der Waals surface area contributed by atoms with Gasteiger partial charge in [0.25, 0.3) is 0 Å². The summed E-state index contributed by atoms with van der Waals surface area (Å²) in [5.74, 6) is 2.24. The van der Waals surface area contributed by atoms with Gasteiger partial charge in [0.15, 0.2) is 17.3 Å². The molecule has 1 unspecified atom stereocenters. The molecule has 1 aliphatic carbocycles. The quantitative estimate of drug-likeness (QED) is 0.229. The normalized spacial score (nSPS) is 17.5. The van der Waals surface area contributed by atoms with Gasteiger partial charge in [-0.05, 0) is 38.3 Å². The van der Waals surface area contributed by atoms with Crippen molar-refractivity contribution in [3.63, 3.8) is 0 Å². The number of hydrogen-bond donors (Lipinski definition) is 1. The lowest BCUT2D eigenvalue weighted by Crippen LogP contribution is -2.40. The van der Waals surface area contributed by atoms with Gasteiger partial charge in [-0.2, -0.15) is 13.2 Å². The average Bonchev–Trinajstić information content (AvgIpc) is 3.57. The fraction of sp³-hybridized carbons (Fsp3) is 0.387. The summed E-state index contributed by atoms with van der Waals surface area (Å²) in [6.45, 7) is 5.15. The van der Waals surface area contributed by atoms with Gasteiger partial charge in [0.1, 0.15) is 23.2 Å². The first-order valence-electron chi connectivity index (χ1n) is 14.6. The summed E-state index contributed by atoms with van der Waals surface area (Å²) in [7, 11) is 1.58. The van der Waals surface area contributed by atoms with Crippen LogP contribution in [0.5, 0.6) is 5.88 Å². The van der Waals surface area contributed by atoms with E-state index in [9.17, 15) is 13.2 Å². The smallest absolute Gasteiger partial charge is 0.434 e. The van der Waals surface area contributed by atoms with Crippen LogP contribution in [0.15, 0.2) is 49.1 Å². The summed E-state index contributed by atoms with van der Waals surface area (Å²) in [4.78, 5) is 28.3. The van der Waals surface area contributed by atoms with E-state index < -0.39 is 11.9 Å². The first-order valence-corrected chi connectivity index (χ1v) is 14.6. The third-order valence-corrected chi connectivity index (χ3v) is 8.14. The highest BCUT2D eigenvalue weighted by molar-refractivity contribution is 5.89. The number of nitrogens with zero attached hydrogens (tertiary/aromatic N) is 7. The Labute approximate surface area is 251 Å². The third kappa shape index (κ3) is 5.04. The minimum atomic E-state index is -4.52. The van der Waals surface area contributed by atoms with Crippen LogP contribution in [-0.4, -0.2) is 61.3 Å². The van der Waals surface area contributed by atoms with Gasteiger partial charge < -0.3 is 23.9 Å². The van der Waals surface area contributed by atoms with Crippen LogP contribution in [-0.2, 0) is 10.9 Å². The zero-order chi connectivity index (χ0) is 30.6. The van der Waals surface area contributed by atoms with Crippen molar-refractivity contribution in [2.75, 3.05) is 31.8 Å². The number of aromatic amines is 1. The molecule has 1 saturated heterocycles. The molecule has 5 heterocycles. The lowest BCUT2D eigenvalue weighted by molar-refractivity contribution is -0.140. The molecule has 1 N–H and O–H groups in total. The van der Waals surface area contributed by atoms with E-state index in [2.05, 4.69) is 24.8 Å². The van der Waals surface area contributed by atoms with Crippen molar-refractivity contribution in [1.29, 1.82) is 0 Å². The van der Waals surface area contributed by atoms with Gasteiger partial charge in [-0.1, -0.05) is 24.3 Å². The maximum atomic E-state index is 13.5. The molecule has 7 rings (SSSR count). The summed E-state index contributed by atoms with van der Waals surface area (Å²) in [5, 5.41) is 0. The summed E-state index contributed by atoms with van der Waals surface area (Å²) in [5.41, 5.74) is 3.76. The zero-order valence-electron chi connectivity index (χ0n) is 24.5. The van der Waals surface area contributed by atoms with Crippen molar-refractivity contribution in [1.82, 2.24) is 34.5 Å². The van der Waals surface area contributed by atoms with E-state index in [0.717, 1.165) is 41.3 Å². The maximum absolute atomic E-state index is 13.5. The Hall–Kier alpha value is -4.52. The van der Waals surface area contributed by atoms with Crippen molar-refractivity contribution in [2.24, 2.45) is 0 Å². The molecule has 2 aliphatic rings. The monoisotopic (exact) mass is 604 g/mol. The van der Waals surface area contributed by atoms with Crippen molar-refractivity contribution in [2.45, 2.75) is 50.9 Å². The summed E-state index contributed by atoms with van der Waals surface area (Å²) in [6, 6.07) is 8.97. The Balaban J connectivity index is 1.28. The van der Waals surface area contributed by atoms with Crippen LogP contribution in [0.2, 0.25) is 0 Å². The van der Waals surface area contributed by atoms with Crippen LogP contribution in [0.1, 0.15) is 61.6 Å². The first-order chi connectivity index (χ1) is 21.2. The molecule has 0 bridgehead atoms. The minimum absolute atomic E-state index is 0.195. The molecule has 2 fully saturated rings. The molecule has 1 aromatic carbocycles. The molecule has 1 saturated carbocycles. The minimum Gasteiger partial charge on any atom is -0.480 e. The number of morpholine rings is 1. The molecule has 10 nitrogen and oxygen atoms in total. The van der Waals surface area contributed by atoms with E-state index in [1.54, 1.807) is 11.7 Å². The number of benzene rings is 1. The number of ether oxygens (including phenoxy) is 2. The van der Waals surface area contributed by atoms with Gasteiger partial charge in [-0.3, -0.25) is 0 Å². The fourth-order valence-electron chi connectivity index (χ4n) is 5.79. The van der Waals surface area contributed by atoms with Crippen molar-refractivity contribution in [3.05, 3.63) is 66.0 Å². The molecule has 0 radical (unpaired) electrons. The highest BCUT2D eigenvalue weighted by Gasteiger charge is 2.36. The van der Waals surface area contributed by atoms with E-state index in [0.29, 0.717) is 54.3 Å². The van der Waals surface area contributed by atoms with E-state index in [4.69, 9.17) is 19.4 Å². The molecule has 1 aliphatic heterocycles. The van der Waals surface area contributed by atoms with Crippen LogP contribution in [0, 0.1) is 0 Å². The van der Waals surface area contributed by atoms with Crippen molar-refractivity contribution in [3.8, 4) is 28.7 Å². The Morgan fingerprint density at radius 3 is 2.55 bits per heavy atom. The Morgan fingerprint density at radius 1 is 1.05 bits per heavy atom. The molecule has 1 atom stereocenters. The van der Waals surface area contributed by atoms with Crippen molar-refractivity contribution < 1.29 is 22.6 Å². The van der Waals surface area contributed by atoms with E-state index in [1.165, 1.54) is 6.33 Å². The van der Waals surface area contributed by atoms with E-state index in [-0.39, 0.29) is 17.9 Å². The number of methoxy groups -OCH3 is 1. The van der Waals surface area contributed by atoms with Crippen LogP contribution >= 0.6 is 0 Å². The average molecular weight is 605 g/mol. The van der Waals surface area contributed by atoms with Gasteiger partial charge in [-0.25, -0.2) is 24.9 Å². The number of anilines is 1. The first kappa shape index (κ1) is 28.3. The SMILES string of the molecule is COc1ncnc(C2CC2)c1-c1nc(N2CCOCC2c2ccc(-c3nc(C(F)(F)F)cn3C(C)C)cc2)c2[nH]ccc2n1. The van der Waals surface area contributed by atoms with Gasteiger partial charge in [0, 0.05) is 36.5 Å². The van der Waals surface area contributed by atoms with Crippen molar-refractivity contribution >= 4 is 16.9 Å². The Bertz CT molecular complexity index is 1810. The highest BCUT2D eigenvalue weighted by Crippen LogP contribution is 2.45. The second kappa shape index (κ2) is 10.9. The van der Waals surface area contributed by atoms with Gasteiger partial charge >= 0.3 is 6.18 Å². The van der Waals surface area contributed by atoms with Crippen LogP contribution < -0.4 is 9.64 Å². The molecule has 13 heteroatoms. The van der Waals surface area contributed by atoms with E-state index in [1.807, 2.05) is 50.4 Å². The molecule has 0 amide bonds. The number of nitrogens with one attached hydrogen (secondary N) is 1. The Kier molecular flexibility index (Phi) is 6.99. The van der Waals surface area contributed by atoms with Gasteiger partial charge in [-0.15, -0.1) is 0 Å². The third-order valence-electron chi connectivity index (χ3n) is 8.14. The largest absolute Gasteiger partial charge is 0.480 e. The van der Waals surface area contributed by atoms with Crippen LogP contribution in [0.3, 0.4) is 0 Å². The standard InChI is InChI=1S/C31H31F3N8O2/c1-17(2)42-14-23(31(32,33)34)39-28(42)20-8-4-18(5-9-20)22-15-44-13-12-41(22)29-26-21(10-11-35-26)38-27(40-29)24-25(19-6-7-19)36-16-37-30(24)43-3/h4-5,8-11,14,16-17,19,22,35H,6-7,12-13,15H2,1-3H3. The van der Waals surface area contributed by atoms with E-state index >= 15 is 0 Å². The molecular formula is C31H31F3N8O2. The number of fused-ring (bicyclic) bond motifs is 1.